The Kier molecular flexibility index (Phi) is 4.15. The summed E-state index contributed by atoms with van der Waals surface area (Å²) in [4.78, 5) is 0. The number of rotatable bonds is 5. The molecular weight excluding hydrogens is 240 g/mol. The smallest absolute Gasteiger partial charge is 0.387 e. The third kappa shape index (κ3) is 2.98. The molecule has 0 saturated carbocycles. The van der Waals surface area contributed by atoms with Crippen LogP contribution in [0.3, 0.4) is 0 Å². The van der Waals surface area contributed by atoms with E-state index in [1.54, 1.807) is 12.1 Å². The molecule has 0 saturated heterocycles. The van der Waals surface area contributed by atoms with Gasteiger partial charge in [0.15, 0.2) is 0 Å². The fourth-order valence-electron chi connectivity index (χ4n) is 1.95. The molecule has 1 aromatic carbocycles. The van der Waals surface area contributed by atoms with Gasteiger partial charge in [-0.05, 0) is 30.8 Å². The van der Waals surface area contributed by atoms with Crippen LogP contribution >= 0.6 is 0 Å². The predicted octanol–water partition coefficient (Wildman–Crippen LogP) is 2.85. The third-order valence-electron chi connectivity index (χ3n) is 2.74. The lowest BCUT2D eigenvalue weighted by molar-refractivity contribution is -0.0498. The van der Waals surface area contributed by atoms with E-state index in [9.17, 15) is 8.78 Å². The highest BCUT2D eigenvalue weighted by atomic mass is 19.3. The van der Waals surface area contributed by atoms with Crippen molar-refractivity contribution in [3.05, 3.63) is 41.7 Å². The Labute approximate surface area is 104 Å². The maximum Gasteiger partial charge on any atom is 0.387 e. The molecule has 1 aliphatic rings. The van der Waals surface area contributed by atoms with Gasteiger partial charge in [-0.3, -0.25) is 0 Å². The fraction of sp³-hybridized carbons (Fsp3) is 0.385. The van der Waals surface area contributed by atoms with Crippen LogP contribution in [-0.4, -0.2) is 20.3 Å². The van der Waals surface area contributed by atoms with Gasteiger partial charge in [0.2, 0.25) is 0 Å². The summed E-state index contributed by atoms with van der Waals surface area (Å²) in [6.45, 7) is -2.10. The second-order valence-corrected chi connectivity index (χ2v) is 3.91. The number of likely N-dealkylation sites (N-methyl/N-ethyl adjacent to an activating group) is 1. The van der Waals surface area contributed by atoms with E-state index in [2.05, 4.69) is 10.1 Å². The maximum atomic E-state index is 12.0. The van der Waals surface area contributed by atoms with Gasteiger partial charge in [-0.15, -0.1) is 0 Å². The van der Waals surface area contributed by atoms with Crippen LogP contribution in [0.15, 0.2) is 36.1 Å². The highest BCUT2D eigenvalue weighted by Gasteiger charge is 2.19. The van der Waals surface area contributed by atoms with Crippen LogP contribution in [0.4, 0.5) is 8.78 Å². The van der Waals surface area contributed by atoms with Gasteiger partial charge < -0.3 is 14.8 Å². The summed E-state index contributed by atoms with van der Waals surface area (Å²) in [7, 11) is 1.83. The molecule has 18 heavy (non-hydrogen) atoms. The Balaban J connectivity index is 2.11. The minimum atomic E-state index is -2.79. The first-order valence-corrected chi connectivity index (χ1v) is 5.75. The first kappa shape index (κ1) is 12.8. The summed E-state index contributed by atoms with van der Waals surface area (Å²) in [6.07, 6.45) is 2.94. The molecule has 3 nitrogen and oxygen atoms in total. The molecule has 0 amide bonds. The molecule has 1 atom stereocenters. The second kappa shape index (κ2) is 5.82. The minimum absolute atomic E-state index is 0.0481. The van der Waals surface area contributed by atoms with Gasteiger partial charge in [-0.1, -0.05) is 12.1 Å². The molecule has 2 rings (SSSR count). The Hall–Kier alpha value is -1.62. The number of hydrogen-bond donors (Lipinski definition) is 1. The van der Waals surface area contributed by atoms with E-state index in [1.165, 1.54) is 12.1 Å². The van der Waals surface area contributed by atoms with E-state index in [4.69, 9.17) is 4.74 Å². The molecule has 0 aromatic heterocycles. The van der Waals surface area contributed by atoms with E-state index >= 15 is 0 Å². The van der Waals surface area contributed by atoms with Crippen molar-refractivity contribution in [1.82, 2.24) is 5.32 Å². The van der Waals surface area contributed by atoms with E-state index < -0.39 is 6.61 Å². The monoisotopic (exact) mass is 255 g/mol. The van der Waals surface area contributed by atoms with Crippen molar-refractivity contribution in [3.63, 3.8) is 0 Å². The van der Waals surface area contributed by atoms with E-state index in [1.807, 2.05) is 13.1 Å². The number of ether oxygens (including phenoxy) is 2. The molecule has 0 bridgehead atoms. The fourth-order valence-corrected chi connectivity index (χ4v) is 1.95. The van der Waals surface area contributed by atoms with Crippen molar-refractivity contribution in [2.75, 3.05) is 13.7 Å². The topological polar surface area (TPSA) is 30.5 Å². The molecule has 5 heteroatoms. The molecule has 1 unspecified atom stereocenters. The Morgan fingerprint density at radius 1 is 1.28 bits per heavy atom. The van der Waals surface area contributed by atoms with Crippen molar-refractivity contribution < 1.29 is 18.3 Å². The molecule has 1 heterocycles. The maximum absolute atomic E-state index is 12.0. The summed E-state index contributed by atoms with van der Waals surface area (Å²) in [6, 6.07) is 6.51. The molecule has 1 aliphatic heterocycles. The van der Waals surface area contributed by atoms with Crippen LogP contribution < -0.4 is 10.1 Å². The molecule has 98 valence electrons. The zero-order valence-corrected chi connectivity index (χ0v) is 10.0. The molecule has 0 fully saturated rings. The van der Waals surface area contributed by atoms with Crippen molar-refractivity contribution in [3.8, 4) is 5.75 Å². The highest BCUT2D eigenvalue weighted by molar-refractivity contribution is 5.32. The summed E-state index contributed by atoms with van der Waals surface area (Å²) >= 11 is 0. The number of benzene rings is 1. The highest BCUT2D eigenvalue weighted by Crippen LogP contribution is 2.27. The van der Waals surface area contributed by atoms with Gasteiger partial charge in [0.25, 0.3) is 0 Å². The first-order chi connectivity index (χ1) is 8.70. The zero-order chi connectivity index (χ0) is 13.0. The molecule has 1 aromatic rings. The van der Waals surface area contributed by atoms with Gasteiger partial charge >= 0.3 is 6.61 Å². The zero-order valence-electron chi connectivity index (χ0n) is 10.0. The van der Waals surface area contributed by atoms with Crippen LogP contribution in [0.2, 0.25) is 0 Å². The van der Waals surface area contributed by atoms with Crippen molar-refractivity contribution in [1.29, 1.82) is 0 Å². The third-order valence-corrected chi connectivity index (χ3v) is 2.74. The van der Waals surface area contributed by atoms with Crippen molar-refractivity contribution in [2.24, 2.45) is 0 Å². The van der Waals surface area contributed by atoms with Gasteiger partial charge in [-0.25, -0.2) is 0 Å². The second-order valence-electron chi connectivity index (χ2n) is 3.91. The summed E-state index contributed by atoms with van der Waals surface area (Å²) < 4.78 is 33.9. The number of nitrogens with one attached hydrogen (secondary N) is 1. The average Bonchev–Trinajstić information content (AvgIpc) is 2.85. The van der Waals surface area contributed by atoms with Gasteiger partial charge in [0, 0.05) is 6.42 Å². The normalized spacial score (nSPS) is 16.3. The lowest BCUT2D eigenvalue weighted by Gasteiger charge is -2.18. The van der Waals surface area contributed by atoms with Crippen LogP contribution in [-0.2, 0) is 4.74 Å². The van der Waals surface area contributed by atoms with Crippen LogP contribution in [0.5, 0.6) is 5.75 Å². The summed E-state index contributed by atoms with van der Waals surface area (Å²) in [5.74, 6) is 1.03. The van der Waals surface area contributed by atoms with E-state index in [0.29, 0.717) is 6.61 Å². The Bertz CT molecular complexity index is 418. The SMILES string of the molecule is CNC(C1=CCCO1)c1ccc(OC(F)F)cc1. The molecule has 1 N–H and O–H groups in total. The lowest BCUT2D eigenvalue weighted by atomic mass is 10.0. The number of halogens is 2. The van der Waals surface area contributed by atoms with Crippen molar-refractivity contribution >= 4 is 0 Å². The quantitative estimate of drug-likeness (QED) is 0.877. The summed E-state index contributed by atoms with van der Waals surface area (Å²) in [5, 5.41) is 3.14. The Morgan fingerprint density at radius 2 is 2.00 bits per heavy atom. The van der Waals surface area contributed by atoms with Gasteiger partial charge in [0.05, 0.1) is 12.6 Å². The minimum Gasteiger partial charge on any atom is -0.496 e. The van der Waals surface area contributed by atoms with Crippen LogP contribution in [0, 0.1) is 0 Å². The molecule has 0 radical (unpaired) electrons. The molecular formula is C13H15F2NO2. The largest absolute Gasteiger partial charge is 0.496 e. The Morgan fingerprint density at radius 3 is 2.50 bits per heavy atom. The first-order valence-electron chi connectivity index (χ1n) is 5.75. The average molecular weight is 255 g/mol. The van der Waals surface area contributed by atoms with Crippen molar-refractivity contribution in [2.45, 2.75) is 19.1 Å². The van der Waals surface area contributed by atoms with E-state index in [-0.39, 0.29) is 11.8 Å². The lowest BCUT2D eigenvalue weighted by Crippen LogP contribution is -2.19. The van der Waals surface area contributed by atoms with Gasteiger partial charge in [-0.2, -0.15) is 8.78 Å². The number of hydrogen-bond acceptors (Lipinski definition) is 3. The predicted molar refractivity (Wildman–Crippen MR) is 63.5 cm³/mol. The van der Waals surface area contributed by atoms with Gasteiger partial charge in [0.1, 0.15) is 11.5 Å². The molecule has 0 spiro atoms. The van der Waals surface area contributed by atoms with Crippen LogP contribution in [0.1, 0.15) is 18.0 Å². The standard InChI is InChI=1S/C13H15F2NO2/c1-16-12(11-3-2-8-17-11)9-4-6-10(7-5-9)18-13(14)15/h3-7,12-13,16H,2,8H2,1H3. The molecule has 0 aliphatic carbocycles. The number of alkyl halides is 2. The van der Waals surface area contributed by atoms with E-state index in [0.717, 1.165) is 17.7 Å². The van der Waals surface area contributed by atoms with Crippen LogP contribution in [0.25, 0.3) is 0 Å². The summed E-state index contributed by atoms with van der Waals surface area (Å²) in [5.41, 5.74) is 0.951.